The maximum atomic E-state index is 12.7. The first-order valence-electron chi connectivity index (χ1n) is 8.38. The Labute approximate surface area is 147 Å². The second-order valence-corrected chi connectivity index (χ2v) is 6.34. The Bertz CT molecular complexity index is 767. The van der Waals surface area contributed by atoms with Gasteiger partial charge in [-0.3, -0.25) is 9.89 Å². The van der Waals surface area contributed by atoms with E-state index in [0.717, 1.165) is 5.69 Å². The fraction of sp³-hybridized carbons (Fsp3) is 0.368. The molecule has 0 spiro atoms. The van der Waals surface area contributed by atoms with E-state index >= 15 is 0 Å². The van der Waals surface area contributed by atoms with Gasteiger partial charge in [0.1, 0.15) is 6.61 Å². The van der Waals surface area contributed by atoms with Crippen molar-refractivity contribution in [2.75, 3.05) is 13.7 Å². The van der Waals surface area contributed by atoms with Crippen LogP contribution in [0, 0.1) is 5.92 Å². The molecule has 2 aromatic rings. The third-order valence-corrected chi connectivity index (χ3v) is 4.24. The maximum Gasteiger partial charge on any atom is 0.275 e. The zero-order valence-corrected chi connectivity index (χ0v) is 14.7. The standard InChI is InChI=1S/C19H23N3O3/c1-13(2)16-7-6-10-22(16)19(23)15-11-14(20-21-15)12-25-18-9-5-4-8-17(18)24-3/h4-9,11,13,16H,10,12H2,1-3H3,(H,20,21)/t16-/m1/s1. The topological polar surface area (TPSA) is 67.5 Å². The Morgan fingerprint density at radius 3 is 2.84 bits per heavy atom. The van der Waals surface area contributed by atoms with Crippen LogP contribution < -0.4 is 9.47 Å². The number of hydrogen-bond donors (Lipinski definition) is 1. The van der Waals surface area contributed by atoms with Gasteiger partial charge >= 0.3 is 0 Å². The van der Waals surface area contributed by atoms with Crippen LogP contribution in [-0.2, 0) is 6.61 Å². The number of aromatic amines is 1. The molecule has 3 rings (SSSR count). The molecular formula is C19H23N3O3. The van der Waals surface area contributed by atoms with Crippen LogP contribution in [0.15, 0.2) is 42.5 Å². The number of para-hydroxylation sites is 2. The summed E-state index contributed by atoms with van der Waals surface area (Å²) >= 11 is 0. The number of rotatable bonds is 6. The van der Waals surface area contributed by atoms with Crippen molar-refractivity contribution in [2.24, 2.45) is 5.92 Å². The maximum absolute atomic E-state index is 12.7. The highest BCUT2D eigenvalue weighted by molar-refractivity contribution is 5.93. The average molecular weight is 341 g/mol. The quantitative estimate of drug-likeness (QED) is 0.820. The summed E-state index contributed by atoms with van der Waals surface area (Å²) in [4.78, 5) is 14.5. The van der Waals surface area contributed by atoms with E-state index in [2.05, 4.69) is 30.1 Å². The Morgan fingerprint density at radius 1 is 1.36 bits per heavy atom. The van der Waals surface area contributed by atoms with E-state index in [1.165, 1.54) is 0 Å². The largest absolute Gasteiger partial charge is 0.493 e. The van der Waals surface area contributed by atoms with Crippen molar-refractivity contribution in [2.45, 2.75) is 26.5 Å². The van der Waals surface area contributed by atoms with Gasteiger partial charge in [0.15, 0.2) is 17.2 Å². The van der Waals surface area contributed by atoms with Crippen LogP contribution >= 0.6 is 0 Å². The second-order valence-electron chi connectivity index (χ2n) is 6.34. The molecule has 0 aliphatic carbocycles. The molecule has 0 unspecified atom stereocenters. The van der Waals surface area contributed by atoms with E-state index in [0.29, 0.717) is 29.7 Å². The number of benzene rings is 1. The van der Waals surface area contributed by atoms with Crippen molar-refractivity contribution >= 4 is 5.91 Å². The number of carbonyl (C=O) groups is 1. The summed E-state index contributed by atoms with van der Waals surface area (Å²) in [6.45, 7) is 5.13. The lowest BCUT2D eigenvalue weighted by molar-refractivity contribution is 0.0714. The van der Waals surface area contributed by atoms with Gasteiger partial charge in [0.25, 0.3) is 5.91 Å². The van der Waals surface area contributed by atoms with E-state index in [1.807, 2.05) is 35.2 Å². The van der Waals surface area contributed by atoms with Gasteiger partial charge in [-0.2, -0.15) is 5.10 Å². The lowest BCUT2D eigenvalue weighted by atomic mass is 10.0. The fourth-order valence-electron chi connectivity index (χ4n) is 2.93. The molecule has 1 aromatic carbocycles. The third kappa shape index (κ3) is 3.68. The summed E-state index contributed by atoms with van der Waals surface area (Å²) in [5.74, 6) is 1.62. The van der Waals surface area contributed by atoms with Crippen molar-refractivity contribution in [1.82, 2.24) is 15.1 Å². The van der Waals surface area contributed by atoms with Gasteiger partial charge in [0.05, 0.1) is 18.8 Å². The van der Waals surface area contributed by atoms with E-state index in [9.17, 15) is 4.79 Å². The Kier molecular flexibility index (Phi) is 5.07. The molecule has 1 aliphatic rings. The fourth-order valence-corrected chi connectivity index (χ4v) is 2.93. The lowest BCUT2D eigenvalue weighted by Gasteiger charge is -2.26. The van der Waals surface area contributed by atoms with E-state index in [1.54, 1.807) is 13.2 Å². The number of nitrogens with zero attached hydrogens (tertiary/aromatic N) is 2. The second kappa shape index (κ2) is 7.42. The third-order valence-electron chi connectivity index (χ3n) is 4.24. The van der Waals surface area contributed by atoms with Crippen LogP contribution in [0.25, 0.3) is 0 Å². The van der Waals surface area contributed by atoms with Gasteiger partial charge in [-0.05, 0) is 24.1 Å². The van der Waals surface area contributed by atoms with Gasteiger partial charge in [-0.1, -0.05) is 38.1 Å². The summed E-state index contributed by atoms with van der Waals surface area (Å²) in [6, 6.07) is 9.30. The number of ether oxygens (including phenoxy) is 2. The first kappa shape index (κ1) is 17.1. The van der Waals surface area contributed by atoms with E-state index < -0.39 is 0 Å². The normalized spacial score (nSPS) is 16.5. The van der Waals surface area contributed by atoms with E-state index in [-0.39, 0.29) is 18.6 Å². The molecule has 1 atom stereocenters. The highest BCUT2D eigenvalue weighted by Gasteiger charge is 2.29. The van der Waals surface area contributed by atoms with E-state index in [4.69, 9.17) is 9.47 Å². The molecule has 0 saturated heterocycles. The highest BCUT2D eigenvalue weighted by Crippen LogP contribution is 2.26. The predicted octanol–water partition coefficient (Wildman–Crippen LogP) is 3.03. The molecular weight excluding hydrogens is 318 g/mol. The molecule has 0 radical (unpaired) electrons. The van der Waals surface area contributed by atoms with Gasteiger partial charge in [-0.15, -0.1) is 0 Å². The van der Waals surface area contributed by atoms with Crippen LogP contribution in [0.2, 0.25) is 0 Å². The minimum Gasteiger partial charge on any atom is -0.493 e. The van der Waals surface area contributed by atoms with Crippen molar-refractivity contribution in [3.8, 4) is 11.5 Å². The number of hydrogen-bond acceptors (Lipinski definition) is 4. The van der Waals surface area contributed by atoms with Crippen molar-refractivity contribution in [3.05, 3.63) is 53.9 Å². The molecule has 1 aliphatic heterocycles. The Balaban J connectivity index is 1.65. The number of amides is 1. The number of H-pyrrole nitrogens is 1. The molecule has 132 valence electrons. The summed E-state index contributed by atoms with van der Waals surface area (Å²) in [6.07, 6.45) is 4.11. The smallest absolute Gasteiger partial charge is 0.275 e. The minimum absolute atomic E-state index is 0.0662. The zero-order valence-electron chi connectivity index (χ0n) is 14.7. The van der Waals surface area contributed by atoms with Crippen molar-refractivity contribution in [1.29, 1.82) is 0 Å². The number of aromatic nitrogens is 2. The number of carbonyl (C=O) groups excluding carboxylic acids is 1. The summed E-state index contributed by atoms with van der Waals surface area (Å²) in [7, 11) is 1.60. The predicted molar refractivity (Wildman–Crippen MR) is 94.7 cm³/mol. The van der Waals surface area contributed by atoms with Crippen LogP contribution in [0.4, 0.5) is 0 Å². The first-order valence-corrected chi connectivity index (χ1v) is 8.38. The lowest BCUT2D eigenvalue weighted by Crippen LogP contribution is -2.39. The molecule has 2 heterocycles. The molecule has 6 heteroatoms. The molecule has 1 amide bonds. The number of nitrogens with one attached hydrogen (secondary N) is 1. The Hall–Kier alpha value is -2.76. The minimum atomic E-state index is -0.0662. The molecule has 0 bridgehead atoms. The van der Waals surface area contributed by atoms with Crippen LogP contribution in [0.1, 0.15) is 30.0 Å². The molecule has 25 heavy (non-hydrogen) atoms. The van der Waals surface area contributed by atoms with Gasteiger partial charge in [-0.25, -0.2) is 0 Å². The van der Waals surface area contributed by atoms with Crippen molar-refractivity contribution < 1.29 is 14.3 Å². The summed E-state index contributed by atoms with van der Waals surface area (Å²) in [5.41, 5.74) is 1.15. The zero-order chi connectivity index (χ0) is 17.8. The molecule has 1 N–H and O–H groups in total. The van der Waals surface area contributed by atoms with Gasteiger partial charge in [0.2, 0.25) is 0 Å². The van der Waals surface area contributed by atoms with Gasteiger partial charge in [0, 0.05) is 6.54 Å². The van der Waals surface area contributed by atoms with Crippen LogP contribution in [0.3, 0.4) is 0 Å². The van der Waals surface area contributed by atoms with Crippen LogP contribution in [0.5, 0.6) is 11.5 Å². The summed E-state index contributed by atoms with van der Waals surface area (Å²) in [5, 5.41) is 7.03. The van der Waals surface area contributed by atoms with Crippen molar-refractivity contribution in [3.63, 3.8) is 0 Å². The molecule has 1 aromatic heterocycles. The molecule has 6 nitrogen and oxygen atoms in total. The SMILES string of the molecule is COc1ccccc1OCc1cc(C(=O)N2CC=C[C@@H]2C(C)C)n[nH]1. The first-order chi connectivity index (χ1) is 12.1. The molecule has 0 fully saturated rings. The number of methoxy groups -OCH3 is 1. The summed E-state index contributed by atoms with van der Waals surface area (Å²) < 4.78 is 11.0. The molecule has 0 saturated carbocycles. The van der Waals surface area contributed by atoms with Crippen LogP contribution in [-0.4, -0.2) is 40.7 Å². The highest BCUT2D eigenvalue weighted by atomic mass is 16.5. The average Bonchev–Trinajstić information content (AvgIpc) is 3.29. The monoisotopic (exact) mass is 341 g/mol. The van der Waals surface area contributed by atoms with Gasteiger partial charge < -0.3 is 14.4 Å². The Morgan fingerprint density at radius 2 is 2.12 bits per heavy atom.